The maximum Gasteiger partial charge on any atom is 0.260 e. The minimum atomic E-state index is -1.95. The number of phenols is 1. The number of pyridine rings is 1. The van der Waals surface area contributed by atoms with Crippen molar-refractivity contribution in [3.8, 4) is 11.5 Å². The molecule has 0 saturated heterocycles. The first-order chi connectivity index (χ1) is 19.6. The summed E-state index contributed by atoms with van der Waals surface area (Å²) in [6, 6.07) is 4.14. The summed E-state index contributed by atoms with van der Waals surface area (Å²) in [5.41, 5.74) is -5.77. The number of nitrogens with one attached hydrogen (secondary N) is 1. The summed E-state index contributed by atoms with van der Waals surface area (Å²) >= 11 is 0. The van der Waals surface area contributed by atoms with Gasteiger partial charge in [0.1, 0.15) is 22.7 Å². The minimum absolute atomic E-state index is 0.0183. The summed E-state index contributed by atoms with van der Waals surface area (Å²) in [6.45, 7) is 1.85. The number of ether oxygens (including phenoxy) is 1. The first-order valence-electron chi connectivity index (χ1n) is 12.9. The number of H-pyrrole nitrogens is 1. The highest BCUT2D eigenvalue weighted by Crippen LogP contribution is 2.52. The third kappa shape index (κ3) is 3.27. The van der Waals surface area contributed by atoms with E-state index in [1.807, 2.05) is 13.0 Å². The van der Waals surface area contributed by atoms with E-state index in [2.05, 4.69) is 4.98 Å². The van der Waals surface area contributed by atoms with Crippen molar-refractivity contribution in [2.75, 3.05) is 7.11 Å². The largest absolute Gasteiger partial charge is 0.510 e. The van der Waals surface area contributed by atoms with Crippen LogP contribution in [0.3, 0.4) is 0 Å². The number of aryl methyl sites for hydroxylation is 1. The molecule has 1 unspecified atom stereocenters. The van der Waals surface area contributed by atoms with Crippen molar-refractivity contribution >= 4 is 28.4 Å². The number of fused-ring (bicyclic) bond motifs is 4. The first kappa shape index (κ1) is 26.0. The zero-order valence-electron chi connectivity index (χ0n) is 22.0. The van der Waals surface area contributed by atoms with Crippen LogP contribution in [0, 0.1) is 10.4 Å². The Morgan fingerprint density at radius 2 is 1.56 bits per heavy atom. The van der Waals surface area contributed by atoms with Crippen LogP contribution in [-0.4, -0.2) is 27.4 Å². The molecule has 10 nitrogen and oxygen atoms in total. The van der Waals surface area contributed by atoms with E-state index in [-0.39, 0.29) is 17.4 Å². The smallest absolute Gasteiger partial charge is 0.260 e. The monoisotopic (exact) mass is 553 g/mol. The van der Waals surface area contributed by atoms with Gasteiger partial charge in [0.2, 0.25) is 16.3 Å². The van der Waals surface area contributed by atoms with Crippen LogP contribution in [0.4, 0.5) is 0 Å². The fraction of sp³-hybridized carbons (Fsp3) is 0.194. The zero-order valence-corrected chi connectivity index (χ0v) is 22.0. The number of phenolic OH excluding ortho intramolecular Hbond substituents is 1. The molecule has 10 heteroatoms. The number of aromatic amines is 1. The summed E-state index contributed by atoms with van der Waals surface area (Å²) < 4.78 is 4.91. The number of methoxy groups -OCH3 is 1. The molecule has 4 N–H and O–H groups in total. The highest BCUT2D eigenvalue weighted by atomic mass is 16.5. The Hall–Kier alpha value is -5.25. The van der Waals surface area contributed by atoms with Crippen LogP contribution >= 0.6 is 0 Å². The Bertz CT molecular complexity index is 2370. The lowest BCUT2D eigenvalue weighted by molar-refractivity contribution is 0.334. The average molecular weight is 554 g/mol. The van der Waals surface area contributed by atoms with Gasteiger partial charge in [0.25, 0.3) is 5.56 Å². The summed E-state index contributed by atoms with van der Waals surface area (Å²) in [4.78, 5) is 68.8. The lowest BCUT2D eigenvalue weighted by Crippen LogP contribution is -2.51. The second kappa shape index (κ2) is 8.88. The third-order valence-corrected chi connectivity index (χ3v) is 8.08. The van der Waals surface area contributed by atoms with Crippen LogP contribution in [0.15, 0.2) is 60.4 Å². The molecule has 0 radical (unpaired) electrons. The maximum atomic E-state index is 13.6. The van der Waals surface area contributed by atoms with Crippen molar-refractivity contribution in [1.29, 1.82) is 0 Å². The maximum absolute atomic E-state index is 13.6. The van der Waals surface area contributed by atoms with Gasteiger partial charge in [-0.2, -0.15) is 0 Å². The molecular formula is C31H23NO9. The highest BCUT2D eigenvalue weighted by Gasteiger charge is 2.51. The Morgan fingerprint density at radius 1 is 0.878 bits per heavy atom. The van der Waals surface area contributed by atoms with E-state index in [9.17, 15) is 39.3 Å². The molecule has 206 valence electrons. The molecule has 6 rings (SSSR count). The number of aliphatic hydroxyl groups is 2. The van der Waals surface area contributed by atoms with Crippen LogP contribution < -0.4 is 42.4 Å². The molecule has 4 aliphatic rings. The van der Waals surface area contributed by atoms with Crippen LogP contribution in [0.25, 0.3) is 28.4 Å². The van der Waals surface area contributed by atoms with E-state index >= 15 is 0 Å². The Balaban J connectivity index is 1.77. The molecule has 0 fully saturated rings. The molecule has 41 heavy (non-hydrogen) atoms. The van der Waals surface area contributed by atoms with Gasteiger partial charge >= 0.3 is 0 Å². The number of hydrogen-bond acceptors (Lipinski definition) is 9. The van der Waals surface area contributed by atoms with Crippen LogP contribution in [-0.2, 0) is 11.8 Å². The van der Waals surface area contributed by atoms with Gasteiger partial charge in [0.15, 0.2) is 11.2 Å². The lowest BCUT2D eigenvalue weighted by atomic mass is 9.67. The molecule has 0 amide bonds. The standard InChI is InChI=1S/C31H23NO9/c1-3-4-5-8-15-11-14-10-13-7-6-9-31(23(13)27(37)18(14)30(40)32-15)28(38)21-22(29(31)39)26(36)20-19(25(21)35)16(33)12-17(41-2)24(20)34/h3-5,8,10-12,37-39H,6-7,9H2,1-2H3,(H,32,40)/b4-3+,8-5+. The van der Waals surface area contributed by atoms with Crippen molar-refractivity contribution in [3.05, 3.63) is 125 Å². The van der Waals surface area contributed by atoms with Crippen LogP contribution in [0.1, 0.15) is 36.6 Å². The molecule has 2 aromatic rings. The van der Waals surface area contributed by atoms with Crippen LogP contribution in [0.5, 0.6) is 11.5 Å². The van der Waals surface area contributed by atoms with Gasteiger partial charge in [-0.1, -0.05) is 24.3 Å². The van der Waals surface area contributed by atoms with Gasteiger partial charge in [0.05, 0.1) is 33.4 Å². The molecule has 1 heterocycles. The second-order valence-corrected chi connectivity index (χ2v) is 10.2. The van der Waals surface area contributed by atoms with Crippen molar-refractivity contribution in [3.63, 3.8) is 0 Å². The van der Waals surface area contributed by atoms with E-state index in [1.54, 1.807) is 30.4 Å². The third-order valence-electron chi connectivity index (χ3n) is 8.08. The van der Waals surface area contributed by atoms with Gasteiger partial charge in [-0.25, -0.2) is 0 Å². The second-order valence-electron chi connectivity index (χ2n) is 10.2. The van der Waals surface area contributed by atoms with Gasteiger partial charge in [-0.15, -0.1) is 0 Å². The fourth-order valence-corrected chi connectivity index (χ4v) is 6.35. The van der Waals surface area contributed by atoms with E-state index in [0.29, 0.717) is 29.5 Å². The summed E-state index contributed by atoms with van der Waals surface area (Å²) in [7, 11) is 1.13. The number of aromatic nitrogens is 1. The normalized spacial score (nSPS) is 18.3. The number of benzene rings is 1. The fourth-order valence-electron chi connectivity index (χ4n) is 6.35. The summed E-state index contributed by atoms with van der Waals surface area (Å²) in [5, 5.41) is 32.4. The molecule has 1 atom stereocenters. The first-order valence-corrected chi connectivity index (χ1v) is 12.9. The highest BCUT2D eigenvalue weighted by molar-refractivity contribution is 5.94. The quantitative estimate of drug-likeness (QED) is 0.264. The van der Waals surface area contributed by atoms with E-state index in [0.717, 1.165) is 13.2 Å². The lowest BCUT2D eigenvalue weighted by Gasteiger charge is -2.37. The number of allylic oxidation sites excluding steroid dienone is 3. The van der Waals surface area contributed by atoms with E-state index in [1.165, 1.54) is 0 Å². The number of aliphatic hydroxyl groups excluding tert-OH is 2. The van der Waals surface area contributed by atoms with Crippen molar-refractivity contribution in [1.82, 2.24) is 4.98 Å². The number of aromatic hydroxyl groups is 1. The molecule has 0 saturated carbocycles. The Morgan fingerprint density at radius 3 is 2.22 bits per heavy atom. The Kier molecular flexibility index (Phi) is 5.63. The van der Waals surface area contributed by atoms with Crippen molar-refractivity contribution < 1.29 is 20.1 Å². The topological polar surface area (TPSA) is 171 Å². The molecule has 1 spiro atoms. The number of rotatable bonds is 3. The predicted molar refractivity (Wildman–Crippen MR) is 152 cm³/mol. The van der Waals surface area contributed by atoms with Crippen molar-refractivity contribution in [2.45, 2.75) is 31.6 Å². The molecular weight excluding hydrogens is 530 g/mol. The molecule has 4 aliphatic carbocycles. The SMILES string of the molecule is C/C=C/C=C/c1cc2cc3c(c(O)c2c(=O)[nH]1)C1(CCC3)C(O)=c2c(=O)c3c(=O)cc(OC)c(=O)c=3c(=O)c2=C1O. The minimum Gasteiger partial charge on any atom is -0.510 e. The Labute approximate surface area is 229 Å². The molecule has 1 aromatic heterocycles. The molecule has 0 aliphatic heterocycles. The van der Waals surface area contributed by atoms with Gasteiger partial charge in [0, 0.05) is 17.3 Å². The number of hydrogen-bond donors (Lipinski definition) is 4. The zero-order chi connectivity index (χ0) is 29.4. The average Bonchev–Trinajstić information content (AvgIpc) is 3.15. The van der Waals surface area contributed by atoms with Crippen molar-refractivity contribution in [2.24, 2.45) is 0 Å². The molecule has 0 bridgehead atoms. The van der Waals surface area contributed by atoms with E-state index in [4.69, 9.17) is 4.74 Å². The molecule has 1 aromatic carbocycles. The van der Waals surface area contributed by atoms with Gasteiger partial charge in [-0.05, 0) is 49.3 Å². The summed E-state index contributed by atoms with van der Waals surface area (Å²) in [6.07, 6.45) is 7.76. The predicted octanol–water partition coefficient (Wildman–Crippen LogP) is 0.493. The summed E-state index contributed by atoms with van der Waals surface area (Å²) in [5.74, 6) is -2.42. The van der Waals surface area contributed by atoms with Crippen LogP contribution in [0.2, 0.25) is 0 Å². The van der Waals surface area contributed by atoms with E-state index < -0.39 is 76.6 Å². The van der Waals surface area contributed by atoms with Gasteiger partial charge in [-0.3, -0.25) is 24.0 Å². The van der Waals surface area contributed by atoms with Gasteiger partial charge < -0.3 is 25.0 Å².